The van der Waals surface area contributed by atoms with Gasteiger partial charge >= 0.3 is 0 Å². The molecular weight excluding hydrogens is 170 g/mol. The van der Waals surface area contributed by atoms with Crippen LogP contribution in [-0.4, -0.2) is 6.54 Å². The Hall–Kier alpha value is -0.820. The van der Waals surface area contributed by atoms with E-state index in [-0.39, 0.29) is 0 Å². The lowest BCUT2D eigenvalue weighted by Crippen LogP contribution is -2.25. The van der Waals surface area contributed by atoms with E-state index in [0.717, 1.165) is 6.54 Å². The standard InChI is InChI=1S/C13H19N/c1-2-10-14-13-9-5-7-11-6-3-4-8-12(11)13/h3-4,6,8,13-14H,2,5,7,9-10H2,1H3/t13-/m1/s1. The Balaban J connectivity index is 2.14. The van der Waals surface area contributed by atoms with Crippen LogP contribution in [0.15, 0.2) is 24.3 Å². The van der Waals surface area contributed by atoms with Gasteiger partial charge in [-0.25, -0.2) is 0 Å². The van der Waals surface area contributed by atoms with Crippen molar-refractivity contribution in [3.8, 4) is 0 Å². The van der Waals surface area contributed by atoms with Crippen LogP contribution in [0.4, 0.5) is 0 Å². The maximum atomic E-state index is 3.63. The van der Waals surface area contributed by atoms with E-state index < -0.39 is 0 Å². The minimum Gasteiger partial charge on any atom is -0.310 e. The Bertz CT molecular complexity index is 293. The molecule has 0 saturated heterocycles. The normalized spacial score (nSPS) is 20.5. The molecule has 0 fully saturated rings. The van der Waals surface area contributed by atoms with Crippen molar-refractivity contribution >= 4 is 0 Å². The molecule has 76 valence electrons. The van der Waals surface area contributed by atoms with E-state index in [9.17, 15) is 0 Å². The molecule has 1 nitrogen and oxygen atoms in total. The van der Waals surface area contributed by atoms with E-state index in [2.05, 4.69) is 36.5 Å². The van der Waals surface area contributed by atoms with E-state index in [1.807, 2.05) is 0 Å². The molecule has 1 heteroatoms. The van der Waals surface area contributed by atoms with Gasteiger partial charge in [-0.1, -0.05) is 31.2 Å². The smallest absolute Gasteiger partial charge is 0.0323 e. The molecule has 0 aliphatic heterocycles. The SMILES string of the molecule is CCCN[C@@H]1CCCc2ccccc21. The summed E-state index contributed by atoms with van der Waals surface area (Å²) in [7, 11) is 0. The van der Waals surface area contributed by atoms with Gasteiger partial charge in [-0.3, -0.25) is 0 Å². The Morgan fingerprint density at radius 2 is 2.21 bits per heavy atom. The van der Waals surface area contributed by atoms with E-state index in [4.69, 9.17) is 0 Å². The second-order valence-corrected chi connectivity index (χ2v) is 4.10. The summed E-state index contributed by atoms with van der Waals surface area (Å²) >= 11 is 0. The summed E-state index contributed by atoms with van der Waals surface area (Å²) in [5, 5.41) is 3.63. The first-order valence-electron chi connectivity index (χ1n) is 5.73. The molecule has 0 amide bonds. The summed E-state index contributed by atoms with van der Waals surface area (Å²) in [5.41, 5.74) is 3.08. The zero-order chi connectivity index (χ0) is 9.80. The molecular formula is C13H19N. The van der Waals surface area contributed by atoms with Gasteiger partial charge in [0.25, 0.3) is 0 Å². The lowest BCUT2D eigenvalue weighted by Gasteiger charge is -2.26. The molecule has 0 unspecified atom stereocenters. The van der Waals surface area contributed by atoms with E-state index in [0.29, 0.717) is 6.04 Å². The maximum Gasteiger partial charge on any atom is 0.0323 e. The summed E-state index contributed by atoms with van der Waals surface area (Å²) in [6.45, 7) is 3.36. The number of aryl methyl sites for hydroxylation is 1. The van der Waals surface area contributed by atoms with Gasteiger partial charge in [0.15, 0.2) is 0 Å². The van der Waals surface area contributed by atoms with Crippen molar-refractivity contribution in [2.24, 2.45) is 0 Å². The molecule has 1 atom stereocenters. The van der Waals surface area contributed by atoms with Crippen molar-refractivity contribution in [1.82, 2.24) is 5.32 Å². The highest BCUT2D eigenvalue weighted by Gasteiger charge is 2.18. The molecule has 0 bridgehead atoms. The van der Waals surface area contributed by atoms with Crippen LogP contribution in [-0.2, 0) is 6.42 Å². The van der Waals surface area contributed by atoms with Crippen molar-refractivity contribution < 1.29 is 0 Å². The molecule has 1 aromatic rings. The van der Waals surface area contributed by atoms with Gasteiger partial charge in [0.05, 0.1) is 0 Å². The zero-order valence-corrected chi connectivity index (χ0v) is 8.92. The van der Waals surface area contributed by atoms with Crippen molar-refractivity contribution in [2.45, 2.75) is 38.6 Å². The van der Waals surface area contributed by atoms with Crippen LogP contribution in [0.3, 0.4) is 0 Å². The van der Waals surface area contributed by atoms with E-state index in [1.165, 1.54) is 31.2 Å². The average Bonchev–Trinajstić information content (AvgIpc) is 2.26. The topological polar surface area (TPSA) is 12.0 Å². The number of benzene rings is 1. The van der Waals surface area contributed by atoms with Crippen molar-refractivity contribution in [2.75, 3.05) is 6.54 Å². The summed E-state index contributed by atoms with van der Waals surface area (Å²) in [4.78, 5) is 0. The lowest BCUT2D eigenvalue weighted by molar-refractivity contribution is 0.460. The van der Waals surface area contributed by atoms with Gasteiger partial charge in [0, 0.05) is 6.04 Å². The molecule has 2 rings (SSSR count). The van der Waals surface area contributed by atoms with Crippen LogP contribution < -0.4 is 5.32 Å². The Morgan fingerprint density at radius 1 is 1.36 bits per heavy atom. The molecule has 1 aliphatic carbocycles. The van der Waals surface area contributed by atoms with Crippen molar-refractivity contribution in [3.63, 3.8) is 0 Å². The van der Waals surface area contributed by atoms with Gasteiger partial charge in [0.2, 0.25) is 0 Å². The van der Waals surface area contributed by atoms with Crippen LogP contribution >= 0.6 is 0 Å². The Kier molecular flexibility index (Phi) is 3.20. The number of nitrogens with one attached hydrogen (secondary N) is 1. The summed E-state index contributed by atoms with van der Waals surface area (Å²) in [6, 6.07) is 9.47. The predicted molar refractivity (Wildman–Crippen MR) is 60.4 cm³/mol. The quantitative estimate of drug-likeness (QED) is 0.770. The highest BCUT2D eigenvalue weighted by Crippen LogP contribution is 2.29. The first-order chi connectivity index (χ1) is 6.92. The second-order valence-electron chi connectivity index (χ2n) is 4.10. The van der Waals surface area contributed by atoms with Gasteiger partial charge in [-0.2, -0.15) is 0 Å². The van der Waals surface area contributed by atoms with Crippen LogP contribution in [0.1, 0.15) is 43.4 Å². The van der Waals surface area contributed by atoms with Gasteiger partial charge < -0.3 is 5.32 Å². The first kappa shape index (κ1) is 9.72. The number of hydrogen-bond acceptors (Lipinski definition) is 1. The predicted octanol–water partition coefficient (Wildman–Crippen LogP) is 3.06. The third kappa shape index (κ3) is 1.98. The van der Waals surface area contributed by atoms with E-state index >= 15 is 0 Å². The highest BCUT2D eigenvalue weighted by atomic mass is 14.9. The molecule has 1 aliphatic rings. The van der Waals surface area contributed by atoms with Gasteiger partial charge in [-0.15, -0.1) is 0 Å². The fraction of sp³-hybridized carbons (Fsp3) is 0.538. The molecule has 14 heavy (non-hydrogen) atoms. The van der Waals surface area contributed by atoms with Crippen LogP contribution in [0.25, 0.3) is 0 Å². The van der Waals surface area contributed by atoms with Gasteiger partial charge in [0.1, 0.15) is 0 Å². The first-order valence-corrected chi connectivity index (χ1v) is 5.73. The minimum absolute atomic E-state index is 0.611. The summed E-state index contributed by atoms with van der Waals surface area (Å²) < 4.78 is 0. The zero-order valence-electron chi connectivity index (χ0n) is 8.92. The molecule has 0 heterocycles. The minimum atomic E-state index is 0.611. The van der Waals surface area contributed by atoms with Crippen molar-refractivity contribution in [1.29, 1.82) is 0 Å². The fourth-order valence-electron chi connectivity index (χ4n) is 2.28. The maximum absolute atomic E-state index is 3.63. The van der Waals surface area contributed by atoms with Crippen molar-refractivity contribution in [3.05, 3.63) is 35.4 Å². The number of rotatable bonds is 3. The monoisotopic (exact) mass is 189 g/mol. The number of fused-ring (bicyclic) bond motifs is 1. The fourth-order valence-corrected chi connectivity index (χ4v) is 2.28. The second kappa shape index (κ2) is 4.61. The molecule has 0 aromatic heterocycles. The summed E-state index contributed by atoms with van der Waals surface area (Å²) in [6.07, 6.45) is 5.12. The Labute approximate surface area is 86.5 Å². The van der Waals surface area contributed by atoms with E-state index in [1.54, 1.807) is 5.56 Å². The molecule has 0 radical (unpaired) electrons. The van der Waals surface area contributed by atoms with Gasteiger partial charge in [-0.05, 0) is 43.4 Å². The average molecular weight is 189 g/mol. The number of hydrogen-bond donors (Lipinski definition) is 1. The lowest BCUT2D eigenvalue weighted by atomic mass is 9.88. The Morgan fingerprint density at radius 3 is 3.07 bits per heavy atom. The third-order valence-electron chi connectivity index (χ3n) is 3.01. The van der Waals surface area contributed by atoms with Crippen LogP contribution in [0.5, 0.6) is 0 Å². The molecule has 1 aromatic carbocycles. The van der Waals surface area contributed by atoms with Crippen LogP contribution in [0, 0.1) is 0 Å². The largest absolute Gasteiger partial charge is 0.310 e. The summed E-state index contributed by atoms with van der Waals surface area (Å²) in [5.74, 6) is 0. The molecule has 1 N–H and O–H groups in total. The third-order valence-corrected chi connectivity index (χ3v) is 3.01. The highest BCUT2D eigenvalue weighted by molar-refractivity contribution is 5.32. The van der Waals surface area contributed by atoms with Crippen LogP contribution in [0.2, 0.25) is 0 Å². The molecule has 0 saturated carbocycles. The molecule has 0 spiro atoms.